The number of alkyl carbamates (subject to hydrolysis) is 2. The van der Waals surface area contributed by atoms with E-state index in [0.29, 0.717) is 19.8 Å². The van der Waals surface area contributed by atoms with Gasteiger partial charge in [0.2, 0.25) is 0 Å². The Kier molecular flexibility index (Phi) is 7.13. The van der Waals surface area contributed by atoms with E-state index in [9.17, 15) is 9.59 Å². The molecule has 1 unspecified atom stereocenters. The molecule has 0 aromatic carbocycles. The standard InChI is InChI=1S/C9H18N2O4/c1-4-14-8(12)10-6-7(3)11-9(13)15-5-2/h7H,4-6H2,1-3H3,(H,10,12)(H,11,13). The second-order valence-electron chi connectivity index (χ2n) is 2.87. The van der Waals surface area contributed by atoms with E-state index in [1.165, 1.54) is 0 Å². The molecule has 2 amide bonds. The Morgan fingerprint density at radius 3 is 2.20 bits per heavy atom. The second-order valence-corrected chi connectivity index (χ2v) is 2.87. The lowest BCUT2D eigenvalue weighted by atomic mass is 10.3. The van der Waals surface area contributed by atoms with Crippen LogP contribution in [0.3, 0.4) is 0 Å². The van der Waals surface area contributed by atoms with Gasteiger partial charge in [0.05, 0.1) is 13.2 Å². The average Bonchev–Trinajstić information content (AvgIpc) is 2.15. The summed E-state index contributed by atoms with van der Waals surface area (Å²) < 4.78 is 9.32. The lowest BCUT2D eigenvalue weighted by Crippen LogP contribution is -2.42. The quantitative estimate of drug-likeness (QED) is 0.717. The van der Waals surface area contributed by atoms with Crippen molar-refractivity contribution in [2.75, 3.05) is 19.8 Å². The molecular formula is C9H18N2O4. The summed E-state index contributed by atoms with van der Waals surface area (Å²) in [5.74, 6) is 0. The Labute approximate surface area is 89.3 Å². The predicted octanol–water partition coefficient (Wildman–Crippen LogP) is 0.867. The summed E-state index contributed by atoms with van der Waals surface area (Å²) in [6, 6.07) is -0.201. The third-order valence-corrected chi connectivity index (χ3v) is 1.47. The topological polar surface area (TPSA) is 76.7 Å². The zero-order chi connectivity index (χ0) is 11.7. The average molecular weight is 218 g/mol. The monoisotopic (exact) mass is 218 g/mol. The van der Waals surface area contributed by atoms with Gasteiger partial charge in [-0.2, -0.15) is 0 Å². The summed E-state index contributed by atoms with van der Waals surface area (Å²) in [6.45, 7) is 6.15. The second kappa shape index (κ2) is 7.90. The Hall–Kier alpha value is -1.46. The Bertz CT molecular complexity index is 208. The SMILES string of the molecule is CCOC(=O)NCC(C)NC(=O)OCC. The molecule has 0 aromatic heterocycles. The van der Waals surface area contributed by atoms with E-state index in [4.69, 9.17) is 0 Å². The molecule has 0 aliphatic rings. The van der Waals surface area contributed by atoms with Crippen molar-refractivity contribution >= 4 is 12.2 Å². The van der Waals surface area contributed by atoms with Crippen molar-refractivity contribution in [2.45, 2.75) is 26.8 Å². The van der Waals surface area contributed by atoms with Crippen LogP contribution in [0.2, 0.25) is 0 Å². The maximum Gasteiger partial charge on any atom is 0.407 e. The van der Waals surface area contributed by atoms with Gasteiger partial charge in [-0.1, -0.05) is 0 Å². The minimum atomic E-state index is -0.491. The molecule has 1 atom stereocenters. The summed E-state index contributed by atoms with van der Waals surface area (Å²) in [5, 5.41) is 5.05. The van der Waals surface area contributed by atoms with Gasteiger partial charge in [0, 0.05) is 12.6 Å². The van der Waals surface area contributed by atoms with Crippen LogP contribution in [0, 0.1) is 0 Å². The largest absolute Gasteiger partial charge is 0.450 e. The van der Waals surface area contributed by atoms with Crippen molar-refractivity contribution < 1.29 is 19.1 Å². The normalized spacial score (nSPS) is 11.4. The maximum absolute atomic E-state index is 10.9. The highest BCUT2D eigenvalue weighted by molar-refractivity contribution is 5.68. The molecular weight excluding hydrogens is 200 g/mol. The van der Waals surface area contributed by atoms with E-state index in [2.05, 4.69) is 20.1 Å². The van der Waals surface area contributed by atoms with E-state index < -0.39 is 12.2 Å². The summed E-state index contributed by atoms with van der Waals surface area (Å²) in [5.41, 5.74) is 0. The van der Waals surface area contributed by atoms with E-state index in [0.717, 1.165) is 0 Å². The third kappa shape index (κ3) is 7.60. The van der Waals surface area contributed by atoms with Crippen LogP contribution in [0.4, 0.5) is 9.59 Å². The minimum Gasteiger partial charge on any atom is -0.450 e. The van der Waals surface area contributed by atoms with Crippen LogP contribution in [0.25, 0.3) is 0 Å². The zero-order valence-corrected chi connectivity index (χ0v) is 9.33. The predicted molar refractivity (Wildman–Crippen MR) is 54.6 cm³/mol. The zero-order valence-electron chi connectivity index (χ0n) is 9.33. The van der Waals surface area contributed by atoms with Crippen LogP contribution in [0.15, 0.2) is 0 Å². The first-order valence-corrected chi connectivity index (χ1v) is 4.94. The van der Waals surface area contributed by atoms with Crippen LogP contribution in [-0.2, 0) is 9.47 Å². The summed E-state index contributed by atoms with van der Waals surface area (Å²) >= 11 is 0. The molecule has 0 heterocycles. The van der Waals surface area contributed by atoms with Gasteiger partial charge in [0.25, 0.3) is 0 Å². The molecule has 0 bridgehead atoms. The Morgan fingerprint density at radius 1 is 1.13 bits per heavy atom. The number of nitrogens with one attached hydrogen (secondary N) is 2. The van der Waals surface area contributed by atoms with Crippen molar-refractivity contribution in [1.29, 1.82) is 0 Å². The van der Waals surface area contributed by atoms with Crippen LogP contribution >= 0.6 is 0 Å². The molecule has 2 N–H and O–H groups in total. The Balaban J connectivity index is 3.60. The number of amides is 2. The van der Waals surface area contributed by atoms with Crippen LogP contribution in [-0.4, -0.2) is 38.0 Å². The number of hydrogen-bond donors (Lipinski definition) is 2. The number of ether oxygens (including phenoxy) is 2. The highest BCUT2D eigenvalue weighted by atomic mass is 16.6. The number of rotatable bonds is 5. The fraction of sp³-hybridized carbons (Fsp3) is 0.778. The van der Waals surface area contributed by atoms with Gasteiger partial charge in [-0.15, -0.1) is 0 Å². The molecule has 0 aliphatic heterocycles. The van der Waals surface area contributed by atoms with Gasteiger partial charge in [0.15, 0.2) is 0 Å². The summed E-state index contributed by atoms with van der Waals surface area (Å²) in [4.78, 5) is 21.8. The molecule has 0 aromatic rings. The summed E-state index contributed by atoms with van der Waals surface area (Å²) in [6.07, 6.45) is -0.981. The van der Waals surface area contributed by atoms with Gasteiger partial charge < -0.3 is 20.1 Å². The van der Waals surface area contributed by atoms with Crippen LogP contribution in [0.5, 0.6) is 0 Å². The van der Waals surface area contributed by atoms with Gasteiger partial charge in [-0.3, -0.25) is 0 Å². The first-order valence-electron chi connectivity index (χ1n) is 4.94. The minimum absolute atomic E-state index is 0.201. The fourth-order valence-electron chi connectivity index (χ4n) is 0.844. The van der Waals surface area contributed by atoms with Crippen molar-refractivity contribution in [2.24, 2.45) is 0 Å². The molecule has 15 heavy (non-hydrogen) atoms. The van der Waals surface area contributed by atoms with Gasteiger partial charge in [0.1, 0.15) is 0 Å². The third-order valence-electron chi connectivity index (χ3n) is 1.47. The van der Waals surface area contributed by atoms with E-state index >= 15 is 0 Å². The maximum atomic E-state index is 10.9. The molecule has 88 valence electrons. The number of carbonyl (C=O) groups excluding carboxylic acids is 2. The summed E-state index contributed by atoms with van der Waals surface area (Å²) in [7, 11) is 0. The molecule has 0 rings (SSSR count). The molecule has 0 radical (unpaired) electrons. The van der Waals surface area contributed by atoms with E-state index in [1.807, 2.05) is 0 Å². The number of carbonyl (C=O) groups is 2. The van der Waals surface area contributed by atoms with E-state index in [-0.39, 0.29) is 6.04 Å². The highest BCUT2D eigenvalue weighted by Crippen LogP contribution is 1.84. The van der Waals surface area contributed by atoms with Gasteiger partial charge in [-0.25, -0.2) is 9.59 Å². The molecule has 0 fully saturated rings. The molecule has 6 nitrogen and oxygen atoms in total. The van der Waals surface area contributed by atoms with Gasteiger partial charge >= 0.3 is 12.2 Å². The van der Waals surface area contributed by atoms with Crippen molar-refractivity contribution in [3.05, 3.63) is 0 Å². The van der Waals surface area contributed by atoms with Crippen molar-refractivity contribution in [3.63, 3.8) is 0 Å². The van der Waals surface area contributed by atoms with E-state index in [1.54, 1.807) is 20.8 Å². The van der Waals surface area contributed by atoms with Crippen LogP contribution < -0.4 is 10.6 Å². The molecule has 6 heteroatoms. The Morgan fingerprint density at radius 2 is 1.67 bits per heavy atom. The first-order chi connectivity index (χ1) is 7.10. The van der Waals surface area contributed by atoms with Gasteiger partial charge in [-0.05, 0) is 20.8 Å². The van der Waals surface area contributed by atoms with Crippen molar-refractivity contribution in [1.82, 2.24) is 10.6 Å². The molecule has 0 saturated heterocycles. The lowest BCUT2D eigenvalue weighted by molar-refractivity contribution is 0.143. The first kappa shape index (κ1) is 13.5. The number of hydrogen-bond acceptors (Lipinski definition) is 4. The van der Waals surface area contributed by atoms with Crippen LogP contribution in [0.1, 0.15) is 20.8 Å². The molecule has 0 spiro atoms. The highest BCUT2D eigenvalue weighted by Gasteiger charge is 2.08. The lowest BCUT2D eigenvalue weighted by Gasteiger charge is -2.13. The smallest absolute Gasteiger partial charge is 0.407 e. The molecule has 0 saturated carbocycles. The molecule has 0 aliphatic carbocycles. The fourth-order valence-corrected chi connectivity index (χ4v) is 0.844. The van der Waals surface area contributed by atoms with Crippen molar-refractivity contribution in [3.8, 4) is 0 Å².